The van der Waals surface area contributed by atoms with Crippen LogP contribution in [-0.4, -0.2) is 35.5 Å². The van der Waals surface area contributed by atoms with E-state index in [2.05, 4.69) is 4.98 Å². The van der Waals surface area contributed by atoms with Gasteiger partial charge in [0.1, 0.15) is 0 Å². The maximum atomic E-state index is 11.9. The predicted octanol–water partition coefficient (Wildman–Crippen LogP) is 1.86. The molecular weight excluding hydrogens is 216 g/mol. The van der Waals surface area contributed by atoms with E-state index < -0.39 is 0 Å². The molecule has 0 saturated carbocycles. The normalized spacial score (nSPS) is 16.4. The number of amides is 1. The molecule has 0 aliphatic carbocycles. The Morgan fingerprint density at radius 2 is 2.00 bits per heavy atom. The van der Waals surface area contributed by atoms with Crippen LogP contribution in [0.15, 0.2) is 24.4 Å². The van der Waals surface area contributed by atoms with Crippen LogP contribution in [0.3, 0.4) is 0 Å². The van der Waals surface area contributed by atoms with Gasteiger partial charge < -0.3 is 9.64 Å². The lowest BCUT2D eigenvalue weighted by molar-refractivity contribution is -0.133. The van der Waals surface area contributed by atoms with E-state index in [4.69, 9.17) is 4.74 Å². The molecule has 1 amide bonds. The van der Waals surface area contributed by atoms with Gasteiger partial charge in [0.25, 0.3) is 5.91 Å². The molecule has 1 aliphatic rings. The van der Waals surface area contributed by atoms with Crippen LogP contribution in [0, 0.1) is 0 Å². The molecule has 4 heteroatoms. The summed E-state index contributed by atoms with van der Waals surface area (Å²) in [6.45, 7) is 1.83. The molecule has 1 fully saturated rings. The Bertz CT molecular complexity index is 346. The average molecular weight is 234 g/mol. The lowest BCUT2D eigenvalue weighted by Gasteiger charge is -2.20. The third-order valence-corrected chi connectivity index (χ3v) is 2.94. The number of pyridine rings is 1. The van der Waals surface area contributed by atoms with Crippen molar-refractivity contribution in [1.29, 1.82) is 0 Å². The molecule has 2 heterocycles. The van der Waals surface area contributed by atoms with Crippen LogP contribution in [0.5, 0.6) is 5.88 Å². The molecule has 2 rings (SSSR count). The van der Waals surface area contributed by atoms with E-state index in [1.165, 1.54) is 12.8 Å². The minimum Gasteiger partial charge on any atom is -0.468 e. The monoisotopic (exact) mass is 234 g/mol. The van der Waals surface area contributed by atoms with Gasteiger partial charge in [-0.25, -0.2) is 4.98 Å². The molecule has 1 aliphatic heterocycles. The van der Waals surface area contributed by atoms with E-state index in [0.717, 1.165) is 25.9 Å². The Morgan fingerprint density at radius 1 is 1.24 bits per heavy atom. The Kier molecular flexibility index (Phi) is 4.36. The van der Waals surface area contributed by atoms with E-state index in [1.807, 2.05) is 17.0 Å². The van der Waals surface area contributed by atoms with E-state index in [1.54, 1.807) is 12.3 Å². The molecule has 0 unspecified atom stereocenters. The first-order chi connectivity index (χ1) is 8.36. The van der Waals surface area contributed by atoms with Crippen molar-refractivity contribution >= 4 is 5.91 Å². The van der Waals surface area contributed by atoms with Crippen LogP contribution in [0.4, 0.5) is 0 Å². The Morgan fingerprint density at radius 3 is 2.65 bits per heavy atom. The highest BCUT2D eigenvalue weighted by Crippen LogP contribution is 2.10. The van der Waals surface area contributed by atoms with Crippen molar-refractivity contribution in [2.24, 2.45) is 0 Å². The third kappa shape index (κ3) is 3.73. The lowest BCUT2D eigenvalue weighted by atomic mass is 10.2. The van der Waals surface area contributed by atoms with Crippen molar-refractivity contribution in [3.63, 3.8) is 0 Å². The molecule has 0 atom stereocenters. The number of aromatic nitrogens is 1. The first-order valence-electron chi connectivity index (χ1n) is 6.18. The van der Waals surface area contributed by atoms with Gasteiger partial charge in [-0.1, -0.05) is 18.9 Å². The van der Waals surface area contributed by atoms with Crippen molar-refractivity contribution in [3.8, 4) is 5.88 Å². The molecule has 0 bridgehead atoms. The second-order valence-electron chi connectivity index (χ2n) is 4.25. The molecular formula is C13H18N2O2. The fraction of sp³-hybridized carbons (Fsp3) is 0.538. The molecule has 1 aromatic heterocycles. The largest absolute Gasteiger partial charge is 0.468 e. The number of hydrogen-bond acceptors (Lipinski definition) is 3. The number of ether oxygens (including phenoxy) is 1. The quantitative estimate of drug-likeness (QED) is 0.801. The molecule has 92 valence electrons. The van der Waals surface area contributed by atoms with Gasteiger partial charge in [-0.2, -0.15) is 0 Å². The Labute approximate surface area is 102 Å². The zero-order valence-corrected chi connectivity index (χ0v) is 9.97. The van der Waals surface area contributed by atoms with Gasteiger partial charge in [0.2, 0.25) is 5.88 Å². The zero-order chi connectivity index (χ0) is 11.9. The van der Waals surface area contributed by atoms with Crippen LogP contribution < -0.4 is 4.74 Å². The smallest absolute Gasteiger partial charge is 0.260 e. The Balaban J connectivity index is 1.80. The van der Waals surface area contributed by atoms with Crippen LogP contribution in [0.25, 0.3) is 0 Å². The van der Waals surface area contributed by atoms with Gasteiger partial charge in [-0.3, -0.25) is 4.79 Å². The summed E-state index contributed by atoms with van der Waals surface area (Å²) in [5, 5.41) is 0. The number of likely N-dealkylation sites (tertiary alicyclic amines) is 1. The minimum atomic E-state index is 0.0672. The average Bonchev–Trinajstić information content (AvgIpc) is 2.66. The number of carbonyl (C=O) groups is 1. The standard InChI is InChI=1S/C13H18N2O2/c16-13(15-9-5-1-2-6-10-15)11-17-12-7-3-4-8-14-12/h3-4,7-8H,1-2,5-6,9-11H2. The van der Waals surface area contributed by atoms with Crippen LogP contribution in [0.1, 0.15) is 25.7 Å². The summed E-state index contributed by atoms with van der Waals surface area (Å²) in [7, 11) is 0. The highest BCUT2D eigenvalue weighted by atomic mass is 16.5. The third-order valence-electron chi connectivity index (χ3n) is 2.94. The zero-order valence-electron chi connectivity index (χ0n) is 9.97. The highest BCUT2D eigenvalue weighted by Gasteiger charge is 2.15. The van der Waals surface area contributed by atoms with E-state index in [-0.39, 0.29) is 12.5 Å². The SMILES string of the molecule is O=C(COc1ccccn1)N1CCCCCC1. The fourth-order valence-corrected chi connectivity index (χ4v) is 1.98. The van der Waals surface area contributed by atoms with Crippen molar-refractivity contribution < 1.29 is 9.53 Å². The van der Waals surface area contributed by atoms with Crippen molar-refractivity contribution in [2.45, 2.75) is 25.7 Å². The summed E-state index contributed by atoms with van der Waals surface area (Å²) in [4.78, 5) is 17.8. The van der Waals surface area contributed by atoms with E-state index in [9.17, 15) is 4.79 Å². The lowest BCUT2D eigenvalue weighted by Crippen LogP contribution is -2.35. The van der Waals surface area contributed by atoms with Gasteiger partial charge in [0.05, 0.1) is 0 Å². The minimum absolute atomic E-state index is 0.0672. The van der Waals surface area contributed by atoms with Crippen molar-refractivity contribution in [3.05, 3.63) is 24.4 Å². The van der Waals surface area contributed by atoms with Crippen LogP contribution in [-0.2, 0) is 4.79 Å². The molecule has 0 radical (unpaired) electrons. The number of carbonyl (C=O) groups excluding carboxylic acids is 1. The highest BCUT2D eigenvalue weighted by molar-refractivity contribution is 5.77. The second-order valence-corrected chi connectivity index (χ2v) is 4.25. The molecule has 17 heavy (non-hydrogen) atoms. The summed E-state index contributed by atoms with van der Waals surface area (Å²) in [6, 6.07) is 5.43. The van der Waals surface area contributed by atoms with Gasteiger partial charge in [-0.05, 0) is 18.9 Å². The second kappa shape index (κ2) is 6.23. The van der Waals surface area contributed by atoms with E-state index >= 15 is 0 Å². The van der Waals surface area contributed by atoms with Gasteiger partial charge in [0, 0.05) is 25.4 Å². The Hall–Kier alpha value is -1.58. The molecule has 1 aromatic rings. The van der Waals surface area contributed by atoms with Crippen molar-refractivity contribution in [1.82, 2.24) is 9.88 Å². The summed E-state index contributed by atoms with van der Waals surface area (Å²) in [5.74, 6) is 0.577. The molecule has 0 spiro atoms. The number of hydrogen-bond donors (Lipinski definition) is 0. The summed E-state index contributed by atoms with van der Waals surface area (Å²) < 4.78 is 5.36. The summed E-state index contributed by atoms with van der Waals surface area (Å²) >= 11 is 0. The summed E-state index contributed by atoms with van der Waals surface area (Å²) in [6.07, 6.45) is 6.33. The number of nitrogens with zero attached hydrogens (tertiary/aromatic N) is 2. The first-order valence-corrected chi connectivity index (χ1v) is 6.18. The van der Waals surface area contributed by atoms with Gasteiger partial charge in [-0.15, -0.1) is 0 Å². The van der Waals surface area contributed by atoms with Gasteiger partial charge >= 0.3 is 0 Å². The maximum absolute atomic E-state index is 11.9. The van der Waals surface area contributed by atoms with Crippen molar-refractivity contribution in [2.75, 3.05) is 19.7 Å². The first kappa shape index (κ1) is 11.9. The molecule has 1 saturated heterocycles. The summed E-state index contributed by atoms with van der Waals surface area (Å²) in [5.41, 5.74) is 0. The predicted molar refractivity (Wildman–Crippen MR) is 64.8 cm³/mol. The van der Waals surface area contributed by atoms with Gasteiger partial charge in [0.15, 0.2) is 6.61 Å². The number of rotatable bonds is 3. The van der Waals surface area contributed by atoms with Crippen LogP contribution >= 0.6 is 0 Å². The molecule has 0 N–H and O–H groups in total. The maximum Gasteiger partial charge on any atom is 0.260 e. The topological polar surface area (TPSA) is 42.4 Å². The van der Waals surface area contributed by atoms with Crippen LogP contribution in [0.2, 0.25) is 0 Å². The molecule has 4 nitrogen and oxygen atoms in total. The molecule has 0 aromatic carbocycles. The fourth-order valence-electron chi connectivity index (χ4n) is 1.98. The van der Waals surface area contributed by atoms with E-state index in [0.29, 0.717) is 5.88 Å².